The molecular formula is C26H31ClN2O6S4. The Bertz CT molecular complexity index is 1480. The van der Waals surface area contributed by atoms with Crippen LogP contribution in [0.15, 0.2) is 69.4 Å². The molecule has 2 N–H and O–H groups in total. The Morgan fingerprint density at radius 3 is 2.26 bits per heavy atom. The van der Waals surface area contributed by atoms with E-state index in [0.717, 1.165) is 31.8 Å². The highest BCUT2D eigenvalue weighted by atomic mass is 35.5. The van der Waals surface area contributed by atoms with E-state index in [9.17, 15) is 16.8 Å². The van der Waals surface area contributed by atoms with Crippen LogP contribution in [0.3, 0.4) is 0 Å². The van der Waals surface area contributed by atoms with Gasteiger partial charge in [-0.3, -0.25) is 9.11 Å². The van der Waals surface area contributed by atoms with Crippen LogP contribution in [0.4, 0.5) is 11.4 Å². The monoisotopic (exact) mass is 630 g/mol. The topological polar surface area (TPSA) is 115 Å². The minimum Gasteiger partial charge on any atom is -0.355 e. The first-order chi connectivity index (χ1) is 18.4. The summed E-state index contributed by atoms with van der Waals surface area (Å²) in [5, 5.41) is 1.64. The van der Waals surface area contributed by atoms with Gasteiger partial charge in [-0.1, -0.05) is 53.3 Å². The van der Waals surface area contributed by atoms with Crippen LogP contribution in [0, 0.1) is 6.92 Å². The number of aryl methyl sites for hydroxylation is 1. The average Bonchev–Trinajstić information content (AvgIpc) is 3.35. The van der Waals surface area contributed by atoms with Crippen LogP contribution in [0.1, 0.15) is 31.2 Å². The number of anilines is 2. The first-order valence-corrected chi connectivity index (χ1v) is 17.8. The summed E-state index contributed by atoms with van der Waals surface area (Å²) >= 11 is 9.61. The Labute approximate surface area is 244 Å². The Hall–Kier alpha value is -1.67. The molecule has 0 spiro atoms. The molecule has 2 aliphatic rings. The van der Waals surface area contributed by atoms with Crippen molar-refractivity contribution in [3.8, 4) is 0 Å². The van der Waals surface area contributed by atoms with Crippen molar-refractivity contribution in [1.82, 2.24) is 0 Å². The molecule has 2 aromatic carbocycles. The normalized spacial score (nSPS) is 18.4. The molecule has 0 bridgehead atoms. The lowest BCUT2D eigenvalue weighted by Crippen LogP contribution is -2.29. The lowest BCUT2D eigenvalue weighted by molar-refractivity contribution is 0.478. The van der Waals surface area contributed by atoms with Gasteiger partial charge in [0.2, 0.25) is 0 Å². The molecule has 13 heteroatoms. The third-order valence-corrected chi connectivity index (χ3v) is 10.5. The summed E-state index contributed by atoms with van der Waals surface area (Å²) in [5.74, 6) is -0.516. The zero-order valence-electron chi connectivity index (χ0n) is 21.4. The summed E-state index contributed by atoms with van der Waals surface area (Å²) in [5.41, 5.74) is 3.23. The predicted molar refractivity (Wildman–Crippen MR) is 161 cm³/mol. The molecule has 39 heavy (non-hydrogen) atoms. The van der Waals surface area contributed by atoms with Crippen LogP contribution in [0.2, 0.25) is 5.02 Å². The molecule has 0 radical (unpaired) electrons. The van der Waals surface area contributed by atoms with Crippen LogP contribution in [0.25, 0.3) is 0 Å². The number of halogens is 1. The summed E-state index contributed by atoms with van der Waals surface area (Å²) in [7, 11) is -7.96. The molecule has 2 aliphatic heterocycles. The fourth-order valence-corrected chi connectivity index (χ4v) is 8.06. The Morgan fingerprint density at radius 2 is 1.56 bits per heavy atom. The van der Waals surface area contributed by atoms with Gasteiger partial charge >= 0.3 is 0 Å². The zero-order chi connectivity index (χ0) is 28.2. The fourth-order valence-electron chi connectivity index (χ4n) is 4.46. The van der Waals surface area contributed by atoms with Gasteiger partial charge in [0.05, 0.1) is 33.3 Å². The third-order valence-electron chi connectivity index (χ3n) is 6.27. The average molecular weight is 631 g/mol. The summed E-state index contributed by atoms with van der Waals surface area (Å²) in [6, 6.07) is 12.0. The Morgan fingerprint density at radius 1 is 0.897 bits per heavy atom. The van der Waals surface area contributed by atoms with Gasteiger partial charge in [0.1, 0.15) is 0 Å². The first-order valence-electron chi connectivity index (χ1n) is 12.5. The number of rotatable bonds is 12. The van der Waals surface area contributed by atoms with Gasteiger partial charge < -0.3 is 9.80 Å². The largest absolute Gasteiger partial charge is 0.355 e. The number of thioether (sulfide) groups is 2. The number of hydrogen-bond acceptors (Lipinski definition) is 8. The SMILES string of the molecule is Cc1ccc2c(c1)N(CCCCS(=O)(=O)O)C(C=CC=C1Sc3ccc(Cl)cc3N1CCCCS(=O)(=O)O)S2. The second-order valence-electron chi connectivity index (χ2n) is 9.41. The van der Waals surface area contributed by atoms with Crippen LogP contribution < -0.4 is 9.80 Å². The summed E-state index contributed by atoms with van der Waals surface area (Å²) in [4.78, 5) is 6.60. The van der Waals surface area contributed by atoms with E-state index in [1.165, 1.54) is 0 Å². The van der Waals surface area contributed by atoms with E-state index < -0.39 is 20.2 Å². The molecule has 2 aromatic rings. The van der Waals surface area contributed by atoms with Crippen molar-refractivity contribution in [2.45, 2.75) is 47.8 Å². The number of unbranched alkanes of at least 4 members (excludes halogenated alkanes) is 2. The van der Waals surface area contributed by atoms with Crippen LogP contribution in [-0.4, -0.2) is 55.9 Å². The standard InChI is InChI=1S/C26H31ClN2O6S4/c1-19-9-11-23-21(17-19)28(13-2-4-15-38(30,31)32)25(36-23)7-6-8-26-29(14-3-5-16-39(33,34)35)22-18-20(27)10-12-24(22)37-26/h6-12,17-18,25H,2-5,13-16H2,1H3,(H,30,31,32)(H,33,34,35). The number of hydrogen-bond donors (Lipinski definition) is 2. The lowest BCUT2D eigenvalue weighted by Gasteiger charge is -2.24. The number of allylic oxidation sites excluding steroid dienone is 2. The van der Waals surface area contributed by atoms with E-state index in [4.69, 9.17) is 20.7 Å². The van der Waals surface area contributed by atoms with Crippen molar-refractivity contribution in [2.75, 3.05) is 34.4 Å². The molecule has 8 nitrogen and oxygen atoms in total. The molecule has 0 saturated heterocycles. The predicted octanol–water partition coefficient (Wildman–Crippen LogP) is 6.23. The van der Waals surface area contributed by atoms with Crippen molar-refractivity contribution in [3.63, 3.8) is 0 Å². The minimum atomic E-state index is -3.99. The van der Waals surface area contributed by atoms with Crippen molar-refractivity contribution in [3.05, 3.63) is 70.2 Å². The van der Waals surface area contributed by atoms with Gasteiger partial charge in [-0.25, -0.2) is 0 Å². The fraction of sp³-hybridized carbons (Fsp3) is 0.385. The van der Waals surface area contributed by atoms with Crippen LogP contribution in [-0.2, 0) is 20.2 Å². The van der Waals surface area contributed by atoms with Crippen molar-refractivity contribution in [1.29, 1.82) is 0 Å². The molecule has 2 heterocycles. The molecule has 0 fully saturated rings. The quantitative estimate of drug-likeness (QED) is 0.206. The van der Waals surface area contributed by atoms with Gasteiger partial charge in [-0.2, -0.15) is 16.8 Å². The van der Waals surface area contributed by atoms with Crippen LogP contribution in [0.5, 0.6) is 0 Å². The molecule has 0 aliphatic carbocycles. The maximum Gasteiger partial charge on any atom is 0.264 e. The number of benzene rings is 2. The van der Waals surface area contributed by atoms with E-state index in [-0.39, 0.29) is 16.9 Å². The number of fused-ring (bicyclic) bond motifs is 2. The maximum absolute atomic E-state index is 11.1. The minimum absolute atomic E-state index is 0.0239. The van der Waals surface area contributed by atoms with E-state index in [1.807, 2.05) is 37.3 Å². The van der Waals surface area contributed by atoms with Crippen molar-refractivity contribution < 1.29 is 25.9 Å². The van der Waals surface area contributed by atoms with Gasteiger partial charge in [-0.15, -0.1) is 0 Å². The van der Waals surface area contributed by atoms with E-state index >= 15 is 0 Å². The van der Waals surface area contributed by atoms with Gasteiger partial charge in [0.15, 0.2) is 0 Å². The zero-order valence-corrected chi connectivity index (χ0v) is 25.4. The maximum atomic E-state index is 11.1. The molecular weight excluding hydrogens is 600 g/mol. The van der Waals surface area contributed by atoms with Crippen LogP contribution >= 0.6 is 35.1 Å². The molecule has 0 saturated carbocycles. The van der Waals surface area contributed by atoms with E-state index in [2.05, 4.69) is 34.1 Å². The molecule has 1 atom stereocenters. The van der Waals surface area contributed by atoms with E-state index in [1.54, 1.807) is 23.5 Å². The second kappa shape index (κ2) is 12.9. The number of nitrogens with zero attached hydrogens (tertiary/aromatic N) is 2. The highest BCUT2D eigenvalue weighted by molar-refractivity contribution is 8.03. The molecule has 1 unspecified atom stereocenters. The third kappa shape index (κ3) is 8.66. The molecule has 0 amide bonds. The van der Waals surface area contributed by atoms with Gasteiger partial charge in [0.25, 0.3) is 20.2 Å². The van der Waals surface area contributed by atoms with Gasteiger partial charge in [0, 0.05) is 27.9 Å². The molecule has 4 rings (SSSR count). The van der Waals surface area contributed by atoms with E-state index in [0.29, 0.717) is 43.8 Å². The summed E-state index contributed by atoms with van der Waals surface area (Å²) < 4.78 is 62.6. The van der Waals surface area contributed by atoms with Crippen molar-refractivity contribution >= 4 is 66.7 Å². The summed E-state index contributed by atoms with van der Waals surface area (Å²) in [6.07, 6.45) is 8.10. The highest BCUT2D eigenvalue weighted by Gasteiger charge is 2.28. The Kier molecular flexibility index (Phi) is 10.0. The second-order valence-corrected chi connectivity index (χ2v) is 15.2. The van der Waals surface area contributed by atoms with Crippen molar-refractivity contribution in [2.24, 2.45) is 0 Å². The smallest absolute Gasteiger partial charge is 0.264 e. The summed E-state index contributed by atoms with van der Waals surface area (Å²) in [6.45, 7) is 3.28. The first kappa shape index (κ1) is 30.3. The highest BCUT2D eigenvalue weighted by Crippen LogP contribution is 2.47. The molecule has 0 aromatic heterocycles. The van der Waals surface area contributed by atoms with Gasteiger partial charge in [-0.05, 0) is 74.6 Å². The molecule has 212 valence electrons. The lowest BCUT2D eigenvalue weighted by atomic mass is 10.2. The Balaban J connectivity index is 1.49.